The Bertz CT molecular complexity index is 3670. The molecule has 15 rings (SSSR count). The van der Waals surface area contributed by atoms with Crippen molar-refractivity contribution in [2.24, 2.45) is 11.8 Å². The van der Waals surface area contributed by atoms with Crippen molar-refractivity contribution < 1.29 is 34.7 Å². The van der Waals surface area contributed by atoms with Crippen molar-refractivity contribution in [1.29, 1.82) is 0 Å². The number of aromatic amines is 1. The summed E-state index contributed by atoms with van der Waals surface area (Å²) in [5.41, 5.74) is 2.99. The summed E-state index contributed by atoms with van der Waals surface area (Å²) < 4.78 is 17.2. The Morgan fingerprint density at radius 1 is 0.500 bits per heavy atom. The van der Waals surface area contributed by atoms with Gasteiger partial charge >= 0.3 is 6.09 Å². The quantitative estimate of drug-likeness (QED) is 0.0518. The topological polar surface area (TPSA) is 340 Å². The molecule has 5 aliphatic carbocycles. The summed E-state index contributed by atoms with van der Waals surface area (Å²) in [5.74, 6) is 3.78. The largest absolute Gasteiger partial charge is 0.444 e. The van der Waals surface area contributed by atoms with Gasteiger partial charge in [0.25, 0.3) is 0 Å². The van der Waals surface area contributed by atoms with Crippen molar-refractivity contribution in [3.8, 4) is 0 Å². The Balaban J connectivity index is 0.000000132. The molecule has 7 aliphatic rings. The molecule has 10 heterocycles. The van der Waals surface area contributed by atoms with Crippen LogP contribution in [0.15, 0.2) is 55.6 Å². The fourth-order valence-electron chi connectivity index (χ4n) is 14.2. The van der Waals surface area contributed by atoms with Crippen LogP contribution in [0.25, 0.3) is 44.1 Å². The van der Waals surface area contributed by atoms with Gasteiger partial charge < -0.3 is 61.1 Å². The summed E-state index contributed by atoms with van der Waals surface area (Å²) in [5, 5.41) is 69.4. The molecule has 8 aromatic heterocycles. The molecule has 2 aliphatic heterocycles. The first-order valence-corrected chi connectivity index (χ1v) is 35.4. The molecule has 2 saturated heterocycles. The minimum Gasteiger partial charge on any atom is -0.444 e. The number of piperidine rings is 1. The maximum absolute atomic E-state index is 12.3. The first kappa shape index (κ1) is 69.9. The van der Waals surface area contributed by atoms with Gasteiger partial charge in [-0.2, -0.15) is 35.2 Å². The number of aliphatic hydroxyl groups excluding tert-OH is 4. The number of hydrogen-bond acceptors (Lipinski definition) is 22. The SMILES string of the molecule is C.CC(C)(C)OC(=O)N1CCC(Cn2ncc3cnc(NC4CCC(O)CC4)nc32)CC1.OC1CCC(Nc2ncc3cc[nH]c3n2)CC1.OC1CCC(Nc2ncc3cnn(C4CCCCO4)c3n2)CC1.OC1CCC(Nc2ncc3cnn(CC4CCCCC4)c3n2)CC1. The van der Waals surface area contributed by atoms with Crippen LogP contribution in [-0.4, -0.2) is 179 Å². The summed E-state index contributed by atoms with van der Waals surface area (Å²) in [6.07, 6.45) is 40.0. The molecule has 5 saturated carbocycles. The number of H-pyrrole nitrogens is 1. The fourth-order valence-corrected chi connectivity index (χ4v) is 14.2. The van der Waals surface area contributed by atoms with Crippen LogP contribution in [0.3, 0.4) is 0 Å². The van der Waals surface area contributed by atoms with Gasteiger partial charge in [0.05, 0.1) is 59.2 Å². The van der Waals surface area contributed by atoms with Crippen molar-refractivity contribution >= 4 is 74.0 Å². The molecule has 9 N–H and O–H groups in total. The zero-order valence-electron chi connectivity index (χ0n) is 55.7. The third-order valence-corrected chi connectivity index (χ3v) is 19.8. The highest BCUT2D eigenvalue weighted by atomic mass is 16.6. The molecular formula is C69H104N20O7. The van der Waals surface area contributed by atoms with Crippen molar-refractivity contribution in [2.45, 2.75) is 269 Å². The molecule has 8 aromatic rings. The molecule has 96 heavy (non-hydrogen) atoms. The number of carbonyl (C=O) groups excluding carboxylic acids is 1. The van der Waals surface area contributed by atoms with Crippen molar-refractivity contribution in [3.05, 3.63) is 55.6 Å². The summed E-state index contributed by atoms with van der Waals surface area (Å²) in [6, 6.07) is 3.33. The number of nitrogens with zero attached hydrogens (tertiary/aromatic N) is 15. The molecule has 1 amide bonds. The van der Waals surface area contributed by atoms with Crippen molar-refractivity contribution in [2.75, 3.05) is 41.0 Å². The van der Waals surface area contributed by atoms with Gasteiger partial charge in [-0.25, -0.2) is 38.8 Å². The molecular weight excluding hydrogens is 1220 g/mol. The zero-order valence-corrected chi connectivity index (χ0v) is 55.7. The van der Waals surface area contributed by atoms with Crippen molar-refractivity contribution in [1.82, 2.24) is 79.1 Å². The second kappa shape index (κ2) is 33.2. The highest BCUT2D eigenvalue weighted by Gasteiger charge is 2.30. The summed E-state index contributed by atoms with van der Waals surface area (Å²) in [4.78, 5) is 53.2. The Kier molecular flexibility index (Phi) is 24.2. The Morgan fingerprint density at radius 2 is 0.906 bits per heavy atom. The van der Waals surface area contributed by atoms with E-state index in [0.717, 1.165) is 205 Å². The van der Waals surface area contributed by atoms with Gasteiger partial charge in [0, 0.05) is 93.3 Å². The van der Waals surface area contributed by atoms with Gasteiger partial charge in [-0.1, -0.05) is 26.7 Å². The van der Waals surface area contributed by atoms with Crippen LogP contribution in [0.1, 0.15) is 201 Å². The molecule has 0 radical (unpaired) electrons. The average Bonchev–Trinajstić information content (AvgIpc) is 1.67. The first-order chi connectivity index (χ1) is 46.1. The van der Waals surface area contributed by atoms with E-state index >= 15 is 0 Å². The number of hydrogen-bond donors (Lipinski definition) is 9. The predicted octanol–water partition coefficient (Wildman–Crippen LogP) is 10.9. The lowest BCUT2D eigenvalue weighted by Crippen LogP contribution is -2.42. The standard InChI is InChI=1S/C22H34N6O3.C18H27N5O.C16H23N5O2.C12H16N4O.CH4/c1-22(2,3)31-21(30)27-10-8-15(9-11-27)14-28-19-16(13-24-28)12-23-20(26-19)25-17-4-6-18(29)7-5-17;24-16-8-6-15(7-9-16)21-18-19-10-14-11-20-23(17(14)22-18)12-13-4-2-1-3-5-13;22-13-6-4-12(5-7-13)19-16-17-9-11-10-18-21(15(11)20-16)14-3-1-2-8-23-14;17-10-3-1-9(2-4-10)15-12-14-7-8-5-6-13-11(8)16-12;/h12-13,15,17-18,29H,4-11,14H2,1-3H3,(H,23,25,26);10-11,13,15-16,24H,1-9,12H2,(H,19,21,22);9-10,12-14,22H,1-8H2,(H,17,19,20);5-7,9-10,17H,1-4H2,(H2,13,14,15,16);1H4. The normalized spacial score (nSPS) is 25.3. The third-order valence-electron chi connectivity index (χ3n) is 19.8. The molecule has 0 bridgehead atoms. The molecule has 1 unspecified atom stereocenters. The van der Waals surface area contributed by atoms with Gasteiger partial charge in [-0.05, 0) is 186 Å². The third kappa shape index (κ3) is 19.4. The monoisotopic (exact) mass is 1320 g/mol. The number of aromatic nitrogens is 15. The van der Waals surface area contributed by atoms with Crippen LogP contribution >= 0.6 is 0 Å². The number of rotatable bonds is 13. The van der Waals surface area contributed by atoms with E-state index in [9.17, 15) is 25.2 Å². The van der Waals surface area contributed by atoms with Crippen LogP contribution in [0.4, 0.5) is 28.6 Å². The number of aliphatic hydroxyl groups is 4. The van der Waals surface area contributed by atoms with Crippen LogP contribution in [0, 0.1) is 11.8 Å². The number of anilines is 4. The minimum atomic E-state index is -0.467. The Hall–Kier alpha value is -7.46. The molecule has 27 heteroatoms. The summed E-state index contributed by atoms with van der Waals surface area (Å²) in [7, 11) is 0. The van der Waals surface area contributed by atoms with Crippen LogP contribution in [-0.2, 0) is 22.6 Å². The lowest BCUT2D eigenvalue weighted by atomic mass is 9.89. The second-order valence-electron chi connectivity index (χ2n) is 28.5. The van der Waals surface area contributed by atoms with Crippen LogP contribution in [0.5, 0.6) is 0 Å². The number of likely N-dealkylation sites (tertiary alicyclic amines) is 1. The van der Waals surface area contributed by atoms with E-state index in [-0.39, 0.29) is 44.2 Å². The Labute approximate surface area is 562 Å². The number of ether oxygens (including phenoxy) is 2. The van der Waals surface area contributed by atoms with Gasteiger partial charge in [-0.3, -0.25) is 0 Å². The van der Waals surface area contributed by atoms with Gasteiger partial charge in [0.2, 0.25) is 23.8 Å². The number of amides is 1. The fraction of sp³-hybridized carbons (Fsp3) is 0.681. The lowest BCUT2D eigenvalue weighted by molar-refractivity contribution is -0.0370. The highest BCUT2D eigenvalue weighted by Crippen LogP contribution is 2.31. The van der Waals surface area contributed by atoms with Crippen LogP contribution in [0.2, 0.25) is 0 Å². The molecule has 1 atom stereocenters. The van der Waals surface area contributed by atoms with E-state index in [2.05, 4.69) is 76.1 Å². The molecule has 0 aromatic carbocycles. The van der Waals surface area contributed by atoms with E-state index in [4.69, 9.17) is 19.4 Å². The van der Waals surface area contributed by atoms with Gasteiger partial charge in [0.1, 0.15) is 11.2 Å². The number of nitrogens with one attached hydrogen (secondary N) is 5. The molecule has 27 nitrogen and oxygen atoms in total. The molecule has 522 valence electrons. The number of fused-ring (bicyclic) bond motifs is 4. The zero-order chi connectivity index (χ0) is 65.7. The second-order valence-corrected chi connectivity index (χ2v) is 28.5. The summed E-state index contributed by atoms with van der Waals surface area (Å²) >= 11 is 0. The first-order valence-electron chi connectivity index (χ1n) is 35.4. The maximum Gasteiger partial charge on any atom is 0.410 e. The van der Waals surface area contributed by atoms with E-state index in [0.29, 0.717) is 67.0 Å². The van der Waals surface area contributed by atoms with E-state index in [1.54, 1.807) is 11.1 Å². The van der Waals surface area contributed by atoms with Gasteiger partial charge in [0.15, 0.2) is 23.2 Å². The average molecular weight is 1330 g/mol. The highest BCUT2D eigenvalue weighted by molar-refractivity contribution is 5.77. The van der Waals surface area contributed by atoms with E-state index < -0.39 is 5.60 Å². The van der Waals surface area contributed by atoms with Crippen LogP contribution < -0.4 is 21.3 Å². The smallest absolute Gasteiger partial charge is 0.410 e. The maximum atomic E-state index is 12.3. The van der Waals surface area contributed by atoms with Crippen molar-refractivity contribution in [3.63, 3.8) is 0 Å². The Morgan fingerprint density at radius 3 is 1.35 bits per heavy atom. The number of carbonyl (C=O) groups is 1. The molecule has 7 fully saturated rings. The van der Waals surface area contributed by atoms with E-state index in [1.165, 1.54) is 32.1 Å². The molecule has 0 spiro atoms. The van der Waals surface area contributed by atoms with E-state index in [1.807, 2.05) is 79.6 Å². The van der Waals surface area contributed by atoms with Gasteiger partial charge in [-0.15, -0.1) is 0 Å². The lowest BCUT2D eigenvalue weighted by Gasteiger charge is -2.33. The minimum absolute atomic E-state index is 0. The predicted molar refractivity (Wildman–Crippen MR) is 370 cm³/mol. The summed E-state index contributed by atoms with van der Waals surface area (Å²) in [6.45, 7) is 9.61.